The third-order valence-electron chi connectivity index (χ3n) is 4.85. The molecule has 3 atom stereocenters. The lowest BCUT2D eigenvalue weighted by molar-refractivity contribution is -0.0138. The molecule has 1 saturated heterocycles. The van der Waals surface area contributed by atoms with Crippen LogP contribution in [0.3, 0.4) is 0 Å². The van der Waals surface area contributed by atoms with Gasteiger partial charge < -0.3 is 19.3 Å². The highest BCUT2D eigenvalue weighted by Gasteiger charge is 2.26. The highest BCUT2D eigenvalue weighted by molar-refractivity contribution is 5.39. The lowest BCUT2D eigenvalue weighted by Crippen LogP contribution is -2.48. The molecule has 1 N–H and O–H groups in total. The van der Waals surface area contributed by atoms with Crippen LogP contribution in [0.25, 0.3) is 0 Å². The van der Waals surface area contributed by atoms with Crippen LogP contribution >= 0.6 is 0 Å². The van der Waals surface area contributed by atoms with Crippen molar-refractivity contribution < 1.29 is 19.3 Å². The summed E-state index contributed by atoms with van der Waals surface area (Å²) in [6.45, 7) is 5.85. The quantitative estimate of drug-likeness (QED) is 0.790. The molecular weight excluding hydrogens is 306 g/mol. The zero-order valence-corrected chi connectivity index (χ0v) is 15.3. The average Bonchev–Trinajstić information content (AvgIpc) is 2.58. The van der Waals surface area contributed by atoms with Crippen LogP contribution in [0.1, 0.15) is 38.7 Å². The number of rotatable bonds is 8. The molecule has 1 aliphatic heterocycles. The lowest BCUT2D eigenvalue weighted by atomic mass is 9.97. The van der Waals surface area contributed by atoms with E-state index in [4.69, 9.17) is 14.2 Å². The molecule has 0 spiro atoms. The Morgan fingerprint density at radius 2 is 1.88 bits per heavy atom. The van der Waals surface area contributed by atoms with Crippen molar-refractivity contribution in [2.75, 3.05) is 27.4 Å². The van der Waals surface area contributed by atoms with E-state index in [0.29, 0.717) is 31.8 Å². The number of β-amino-alcohol motifs (C(OH)–C–C–N with tert-alkyl or cyclic N) is 1. The number of hydrogen-bond donors (Lipinski definition) is 1. The van der Waals surface area contributed by atoms with Gasteiger partial charge in [0.25, 0.3) is 0 Å². The smallest absolute Gasteiger partial charge is 0.124 e. The van der Waals surface area contributed by atoms with Crippen molar-refractivity contribution in [1.29, 1.82) is 0 Å². The molecule has 24 heavy (non-hydrogen) atoms. The van der Waals surface area contributed by atoms with Gasteiger partial charge >= 0.3 is 0 Å². The maximum atomic E-state index is 10.3. The van der Waals surface area contributed by atoms with Crippen LogP contribution in [0, 0.1) is 0 Å². The van der Waals surface area contributed by atoms with Crippen LogP contribution in [-0.2, 0) is 11.3 Å². The zero-order chi connectivity index (χ0) is 17.5. The number of aliphatic hydroxyl groups is 1. The molecule has 1 aromatic carbocycles. The molecule has 136 valence electrons. The van der Waals surface area contributed by atoms with E-state index < -0.39 is 6.10 Å². The van der Waals surface area contributed by atoms with Crippen molar-refractivity contribution >= 4 is 0 Å². The molecule has 1 heterocycles. The van der Waals surface area contributed by atoms with E-state index in [1.54, 1.807) is 14.2 Å². The molecule has 0 bridgehead atoms. The first-order valence-electron chi connectivity index (χ1n) is 8.77. The number of benzene rings is 1. The van der Waals surface area contributed by atoms with Crippen molar-refractivity contribution in [2.45, 2.75) is 57.9 Å². The third kappa shape index (κ3) is 5.10. The second kappa shape index (κ2) is 9.25. The van der Waals surface area contributed by atoms with Crippen LogP contribution in [0.5, 0.6) is 11.5 Å². The largest absolute Gasteiger partial charge is 0.497 e. The highest BCUT2D eigenvalue weighted by atomic mass is 16.5. The molecule has 1 aliphatic rings. The zero-order valence-electron chi connectivity index (χ0n) is 15.3. The number of methoxy groups -OCH3 is 2. The molecule has 2 rings (SSSR count). The van der Waals surface area contributed by atoms with Gasteiger partial charge in [-0.15, -0.1) is 0 Å². The minimum atomic E-state index is -0.482. The molecule has 1 fully saturated rings. The van der Waals surface area contributed by atoms with E-state index >= 15 is 0 Å². The third-order valence-corrected chi connectivity index (χ3v) is 4.85. The van der Waals surface area contributed by atoms with Crippen molar-refractivity contribution in [1.82, 2.24) is 4.90 Å². The summed E-state index contributed by atoms with van der Waals surface area (Å²) in [5.74, 6) is 1.54. The maximum absolute atomic E-state index is 10.3. The SMILES string of the molecule is COc1ccc(OC)c(COC[C@H](O)CN2[C@@H](C)CCC[C@@H]2C)c1. The fourth-order valence-electron chi connectivity index (χ4n) is 3.43. The van der Waals surface area contributed by atoms with Gasteiger partial charge in [0.05, 0.1) is 33.5 Å². The summed E-state index contributed by atoms with van der Waals surface area (Å²) in [6, 6.07) is 6.69. The van der Waals surface area contributed by atoms with Crippen LogP contribution < -0.4 is 9.47 Å². The van der Waals surface area contributed by atoms with Gasteiger partial charge in [-0.25, -0.2) is 0 Å². The van der Waals surface area contributed by atoms with E-state index in [1.165, 1.54) is 19.3 Å². The number of nitrogens with zero attached hydrogens (tertiary/aromatic N) is 1. The first kappa shape index (κ1) is 19.0. The monoisotopic (exact) mass is 337 g/mol. The molecule has 0 saturated carbocycles. The summed E-state index contributed by atoms with van der Waals surface area (Å²) in [4.78, 5) is 2.39. The molecule has 1 aromatic rings. The average molecular weight is 337 g/mol. The van der Waals surface area contributed by atoms with Gasteiger partial charge in [-0.1, -0.05) is 6.42 Å². The molecule has 5 nitrogen and oxygen atoms in total. The summed E-state index contributed by atoms with van der Waals surface area (Å²) in [5.41, 5.74) is 0.920. The molecular formula is C19H31NO4. The van der Waals surface area contributed by atoms with Gasteiger partial charge in [-0.2, -0.15) is 0 Å². The predicted molar refractivity (Wildman–Crippen MR) is 94.7 cm³/mol. The topological polar surface area (TPSA) is 51.2 Å². The van der Waals surface area contributed by atoms with Crippen LogP contribution in [-0.4, -0.2) is 55.6 Å². The van der Waals surface area contributed by atoms with Crippen LogP contribution in [0.15, 0.2) is 18.2 Å². The van der Waals surface area contributed by atoms with E-state index in [2.05, 4.69) is 18.7 Å². The summed E-state index contributed by atoms with van der Waals surface area (Å²) in [7, 11) is 3.27. The molecule has 0 aliphatic carbocycles. The Balaban J connectivity index is 1.83. The number of ether oxygens (including phenoxy) is 3. The van der Waals surface area contributed by atoms with Crippen molar-refractivity contribution in [3.63, 3.8) is 0 Å². The Hall–Kier alpha value is -1.30. The number of likely N-dealkylation sites (tertiary alicyclic amines) is 1. The number of piperidine rings is 1. The predicted octanol–water partition coefficient (Wildman–Crippen LogP) is 2.84. The first-order valence-corrected chi connectivity index (χ1v) is 8.77. The molecule has 0 aromatic heterocycles. The fourth-order valence-corrected chi connectivity index (χ4v) is 3.43. The van der Waals surface area contributed by atoms with E-state index in [-0.39, 0.29) is 0 Å². The Bertz CT molecular complexity index is 498. The summed E-state index contributed by atoms with van der Waals surface area (Å²) in [5, 5.41) is 10.3. The van der Waals surface area contributed by atoms with Gasteiger partial charge in [0.1, 0.15) is 11.5 Å². The van der Waals surface area contributed by atoms with Gasteiger partial charge in [-0.05, 0) is 44.9 Å². The molecule has 0 radical (unpaired) electrons. The van der Waals surface area contributed by atoms with Crippen molar-refractivity contribution in [3.8, 4) is 11.5 Å². The van der Waals surface area contributed by atoms with E-state index in [0.717, 1.165) is 17.1 Å². The Morgan fingerprint density at radius 3 is 2.50 bits per heavy atom. The maximum Gasteiger partial charge on any atom is 0.124 e. The summed E-state index contributed by atoms with van der Waals surface area (Å²) >= 11 is 0. The second-order valence-electron chi connectivity index (χ2n) is 6.67. The van der Waals surface area contributed by atoms with Crippen molar-refractivity contribution in [2.24, 2.45) is 0 Å². The van der Waals surface area contributed by atoms with Crippen LogP contribution in [0.2, 0.25) is 0 Å². The Kier molecular flexibility index (Phi) is 7.34. The van der Waals surface area contributed by atoms with Gasteiger partial charge in [-0.3, -0.25) is 4.90 Å². The number of hydrogen-bond acceptors (Lipinski definition) is 5. The molecule has 0 unspecified atom stereocenters. The highest BCUT2D eigenvalue weighted by Crippen LogP contribution is 2.25. The second-order valence-corrected chi connectivity index (χ2v) is 6.67. The van der Waals surface area contributed by atoms with E-state index in [1.807, 2.05) is 18.2 Å². The normalized spacial score (nSPS) is 23.0. The van der Waals surface area contributed by atoms with Crippen molar-refractivity contribution in [3.05, 3.63) is 23.8 Å². The summed E-state index contributed by atoms with van der Waals surface area (Å²) in [6.07, 6.45) is 3.21. The van der Waals surface area contributed by atoms with Gasteiger partial charge in [0, 0.05) is 24.2 Å². The molecule has 0 amide bonds. The minimum absolute atomic E-state index is 0.316. The Labute approximate surface area is 145 Å². The lowest BCUT2D eigenvalue weighted by Gasteiger charge is -2.40. The summed E-state index contributed by atoms with van der Waals surface area (Å²) < 4.78 is 16.3. The van der Waals surface area contributed by atoms with Gasteiger partial charge in [0.2, 0.25) is 0 Å². The standard InChI is InChI=1S/C19H31NO4/c1-14-6-5-7-15(2)20(14)11-17(21)13-24-12-16-10-18(22-3)8-9-19(16)23-4/h8-10,14-15,17,21H,5-7,11-13H2,1-4H3/t14-,15-,17+/m0/s1. The minimum Gasteiger partial charge on any atom is -0.497 e. The Morgan fingerprint density at radius 1 is 1.17 bits per heavy atom. The van der Waals surface area contributed by atoms with Gasteiger partial charge in [0.15, 0.2) is 0 Å². The fraction of sp³-hybridized carbons (Fsp3) is 0.684. The van der Waals surface area contributed by atoms with E-state index in [9.17, 15) is 5.11 Å². The van der Waals surface area contributed by atoms with Crippen LogP contribution in [0.4, 0.5) is 0 Å². The first-order chi connectivity index (χ1) is 11.5. The molecule has 5 heteroatoms. The number of aliphatic hydroxyl groups excluding tert-OH is 1.